The zero-order chi connectivity index (χ0) is 30.3. The van der Waals surface area contributed by atoms with E-state index in [1.807, 2.05) is 0 Å². The van der Waals surface area contributed by atoms with Crippen LogP contribution in [0.15, 0.2) is 54.1 Å². The van der Waals surface area contributed by atoms with Gasteiger partial charge >= 0.3 is 5.97 Å². The number of hydrogen-bond donors (Lipinski definition) is 2. The number of hydrogen-bond acceptors (Lipinski definition) is 6. The van der Waals surface area contributed by atoms with Gasteiger partial charge in [-0.05, 0) is 67.1 Å². The highest BCUT2D eigenvalue weighted by Crippen LogP contribution is 2.65. The molecule has 0 radical (unpaired) electrons. The Balaban J connectivity index is 1.52. The number of rotatable bonds is 5. The third-order valence-corrected chi connectivity index (χ3v) is 10.5. The van der Waals surface area contributed by atoms with Crippen LogP contribution in [-0.4, -0.2) is 61.0 Å². The van der Waals surface area contributed by atoms with Crippen LogP contribution in [0.4, 0.5) is 10.1 Å². The summed E-state index contributed by atoms with van der Waals surface area (Å²) in [6.07, 6.45) is 1.25. The van der Waals surface area contributed by atoms with Crippen LogP contribution in [0.25, 0.3) is 0 Å². The van der Waals surface area contributed by atoms with Crippen molar-refractivity contribution in [1.82, 2.24) is 4.90 Å². The molecule has 42 heavy (non-hydrogen) atoms. The topological polar surface area (TPSA) is 132 Å². The summed E-state index contributed by atoms with van der Waals surface area (Å²) in [5.41, 5.74) is 1.59. The summed E-state index contributed by atoms with van der Waals surface area (Å²) < 4.78 is 13.7. The van der Waals surface area contributed by atoms with Crippen molar-refractivity contribution < 1.29 is 38.6 Å². The number of phenolic OH excluding ortho intramolecular Hbond substituents is 1. The number of benzene rings is 2. The molecule has 4 aliphatic rings. The molecule has 2 N–H and O–H groups in total. The zero-order valence-electron chi connectivity index (χ0n) is 22.2. The number of anilines is 1. The van der Waals surface area contributed by atoms with Crippen LogP contribution in [0.2, 0.25) is 0 Å². The minimum absolute atomic E-state index is 0.00282. The summed E-state index contributed by atoms with van der Waals surface area (Å²) in [6, 6.07) is 9.38. The number of amides is 4. The van der Waals surface area contributed by atoms with Gasteiger partial charge in [-0.3, -0.25) is 28.9 Å². The number of halogens is 3. The van der Waals surface area contributed by atoms with Gasteiger partial charge in [0, 0.05) is 12.5 Å². The van der Waals surface area contributed by atoms with E-state index in [1.54, 1.807) is 25.1 Å². The Bertz CT molecular complexity index is 1610. The number of allylic oxidation sites excluding steroid dienone is 2. The molecule has 6 atom stereocenters. The lowest BCUT2D eigenvalue weighted by Gasteiger charge is -2.50. The first-order valence-electron chi connectivity index (χ1n) is 13.4. The number of carboxylic acid groups (broad SMARTS) is 1. The molecule has 3 fully saturated rings. The number of phenols is 1. The van der Waals surface area contributed by atoms with Gasteiger partial charge in [0.2, 0.25) is 11.8 Å². The monoisotopic (exact) mass is 614 g/mol. The number of alkyl halides is 2. The van der Waals surface area contributed by atoms with Crippen molar-refractivity contribution >= 4 is 58.5 Å². The molecule has 2 saturated heterocycles. The summed E-state index contributed by atoms with van der Waals surface area (Å²) in [6.45, 7) is 1.37. The summed E-state index contributed by atoms with van der Waals surface area (Å²) in [4.78, 5) is 64.2. The van der Waals surface area contributed by atoms with Gasteiger partial charge in [-0.15, -0.1) is 23.2 Å². The lowest BCUT2D eigenvalue weighted by atomic mass is 9.56. The maximum atomic E-state index is 14.3. The fraction of sp³-hybridized carbons (Fsp3) is 0.367. The highest BCUT2D eigenvalue weighted by molar-refractivity contribution is 6.58. The predicted octanol–water partition coefficient (Wildman–Crippen LogP) is 3.88. The van der Waals surface area contributed by atoms with Gasteiger partial charge in [0.15, 0.2) is 9.75 Å². The number of likely N-dealkylation sites (tertiary alicyclic amines) is 1. The van der Waals surface area contributed by atoms with Gasteiger partial charge in [0.05, 0.1) is 23.9 Å². The predicted molar refractivity (Wildman–Crippen MR) is 148 cm³/mol. The summed E-state index contributed by atoms with van der Waals surface area (Å²) >= 11 is 14.5. The normalized spacial score (nSPS) is 32.0. The average Bonchev–Trinajstić information content (AvgIpc) is 3.27. The highest BCUT2D eigenvalue weighted by Gasteiger charge is 2.76. The Labute approximate surface area is 249 Å². The van der Waals surface area contributed by atoms with Gasteiger partial charge in [0.25, 0.3) is 11.8 Å². The molecule has 218 valence electrons. The second-order valence-electron chi connectivity index (χ2n) is 11.3. The SMILES string of the molecule is Cc1cc(C2C3=CCC4C(=O)N(CCC(=O)O)C(=O)C4C3CC3(Cl)C(=O)N(c4ccc(F)cc4)C(=O)C23Cl)ccc1O. The molecule has 1 saturated carbocycles. The summed E-state index contributed by atoms with van der Waals surface area (Å²) in [5.74, 6) is -7.97. The van der Waals surface area contributed by atoms with Crippen LogP contribution in [0.5, 0.6) is 5.75 Å². The Morgan fingerprint density at radius 2 is 1.71 bits per heavy atom. The van der Waals surface area contributed by atoms with Crippen molar-refractivity contribution in [3.05, 3.63) is 71.1 Å². The lowest BCUT2D eigenvalue weighted by Crippen LogP contribution is -2.60. The lowest BCUT2D eigenvalue weighted by molar-refractivity contribution is -0.142. The molecule has 9 nitrogen and oxygen atoms in total. The largest absolute Gasteiger partial charge is 0.508 e. The number of imide groups is 2. The molecular weight excluding hydrogens is 590 g/mol. The Morgan fingerprint density at radius 3 is 2.36 bits per heavy atom. The molecular formula is C30H25Cl2FN2O7. The number of fused-ring (bicyclic) bond motifs is 4. The van der Waals surface area contributed by atoms with E-state index in [2.05, 4.69) is 0 Å². The van der Waals surface area contributed by atoms with Crippen LogP contribution in [0.3, 0.4) is 0 Å². The van der Waals surface area contributed by atoms with E-state index in [0.29, 0.717) is 16.7 Å². The van der Waals surface area contributed by atoms with Crippen molar-refractivity contribution in [2.24, 2.45) is 17.8 Å². The molecule has 0 aromatic heterocycles. The summed E-state index contributed by atoms with van der Waals surface area (Å²) in [5, 5.41) is 19.4. The minimum atomic E-state index is -2.08. The first-order chi connectivity index (χ1) is 19.8. The standard InChI is InChI=1S/C30H25Cl2FN2O7/c1-14-12-15(2-9-21(14)36)24-18-7-8-19-23(26(40)34(25(19)39)11-10-22(37)38)20(18)13-29(31)27(41)35(28(42)30(24,29)32)17-5-3-16(33)4-6-17/h2-7,9,12,19-20,23-24,36H,8,10-11,13H2,1H3,(H,37,38). The van der Waals surface area contributed by atoms with Crippen LogP contribution in [-0.2, 0) is 24.0 Å². The molecule has 2 heterocycles. The van der Waals surface area contributed by atoms with E-state index in [0.717, 1.165) is 21.9 Å². The second kappa shape index (κ2) is 9.64. The van der Waals surface area contributed by atoms with Gasteiger partial charge < -0.3 is 10.2 Å². The number of carbonyl (C=O) groups is 5. The van der Waals surface area contributed by atoms with E-state index in [4.69, 9.17) is 28.3 Å². The number of aryl methyl sites for hydroxylation is 1. The smallest absolute Gasteiger partial charge is 0.305 e. The van der Waals surface area contributed by atoms with Gasteiger partial charge in [0.1, 0.15) is 11.6 Å². The van der Waals surface area contributed by atoms with Crippen LogP contribution >= 0.6 is 23.2 Å². The third kappa shape index (κ3) is 3.77. The number of nitrogens with zero attached hydrogens (tertiary/aromatic N) is 2. The molecule has 2 aliphatic carbocycles. The van der Waals surface area contributed by atoms with Crippen LogP contribution in [0.1, 0.15) is 36.3 Å². The third-order valence-electron chi connectivity index (χ3n) is 9.09. The van der Waals surface area contributed by atoms with Crippen LogP contribution in [0, 0.1) is 30.5 Å². The Kier molecular flexibility index (Phi) is 6.51. The molecule has 0 bridgehead atoms. The number of aliphatic carboxylic acids is 1. The molecule has 2 aromatic carbocycles. The number of aromatic hydroxyl groups is 1. The Morgan fingerprint density at radius 1 is 1.02 bits per heavy atom. The maximum Gasteiger partial charge on any atom is 0.305 e. The van der Waals surface area contributed by atoms with Crippen molar-refractivity contribution in [3.8, 4) is 5.75 Å². The molecule has 4 amide bonds. The fourth-order valence-electron chi connectivity index (χ4n) is 7.12. The van der Waals surface area contributed by atoms with E-state index in [-0.39, 0.29) is 30.8 Å². The van der Waals surface area contributed by atoms with Gasteiger partial charge in [-0.1, -0.05) is 23.8 Å². The minimum Gasteiger partial charge on any atom is -0.508 e. The quantitative estimate of drug-likeness (QED) is 0.297. The first-order valence-corrected chi connectivity index (χ1v) is 14.2. The van der Waals surface area contributed by atoms with Gasteiger partial charge in [-0.2, -0.15) is 0 Å². The number of carbonyl (C=O) groups excluding carboxylic acids is 4. The molecule has 2 aliphatic heterocycles. The number of carboxylic acids is 1. The molecule has 2 aromatic rings. The van der Waals surface area contributed by atoms with E-state index in [9.17, 15) is 33.5 Å². The maximum absolute atomic E-state index is 14.3. The van der Waals surface area contributed by atoms with Crippen molar-refractivity contribution in [3.63, 3.8) is 0 Å². The van der Waals surface area contributed by atoms with Gasteiger partial charge in [-0.25, -0.2) is 9.29 Å². The van der Waals surface area contributed by atoms with Crippen molar-refractivity contribution in [1.29, 1.82) is 0 Å². The zero-order valence-corrected chi connectivity index (χ0v) is 23.7. The molecule has 0 spiro atoms. The molecule has 6 rings (SSSR count). The highest BCUT2D eigenvalue weighted by atomic mass is 35.5. The second-order valence-corrected chi connectivity index (χ2v) is 12.5. The summed E-state index contributed by atoms with van der Waals surface area (Å²) in [7, 11) is 0. The average molecular weight is 615 g/mol. The first kappa shape index (κ1) is 28.4. The van der Waals surface area contributed by atoms with Crippen molar-refractivity contribution in [2.45, 2.75) is 41.9 Å². The van der Waals surface area contributed by atoms with Crippen LogP contribution < -0.4 is 4.90 Å². The van der Waals surface area contributed by atoms with E-state index < -0.39 is 75.3 Å². The van der Waals surface area contributed by atoms with E-state index >= 15 is 0 Å². The molecule has 12 heteroatoms. The fourth-order valence-corrected chi connectivity index (χ4v) is 8.06. The van der Waals surface area contributed by atoms with E-state index in [1.165, 1.54) is 18.2 Å². The molecule has 6 unspecified atom stereocenters. The Hall–Kier alpha value is -3.76. The van der Waals surface area contributed by atoms with Crippen molar-refractivity contribution in [2.75, 3.05) is 11.4 Å².